The molecule has 2 aromatic heterocycles. The molecule has 1 fully saturated rings. The highest BCUT2D eigenvalue weighted by molar-refractivity contribution is 7.89. The molecule has 1 N–H and O–H groups in total. The molecule has 27 heavy (non-hydrogen) atoms. The average molecular weight is 394 g/mol. The molecule has 1 aliphatic heterocycles. The van der Waals surface area contributed by atoms with E-state index in [1.165, 1.54) is 0 Å². The minimum atomic E-state index is -3.43. The van der Waals surface area contributed by atoms with Gasteiger partial charge in [-0.2, -0.15) is 9.82 Å². The van der Waals surface area contributed by atoms with E-state index in [-0.39, 0.29) is 5.75 Å². The molecule has 0 aliphatic carbocycles. The normalized spacial score (nSPS) is 18.4. The summed E-state index contributed by atoms with van der Waals surface area (Å²) in [6.07, 6.45) is 8.40. The van der Waals surface area contributed by atoms with Crippen molar-refractivity contribution in [1.29, 1.82) is 0 Å². The van der Waals surface area contributed by atoms with E-state index in [9.17, 15) is 8.42 Å². The van der Waals surface area contributed by atoms with Crippen molar-refractivity contribution in [2.24, 2.45) is 0 Å². The number of piperazine rings is 1. The van der Waals surface area contributed by atoms with E-state index in [0.29, 0.717) is 38.5 Å². The molecule has 10 heteroatoms. The fourth-order valence-corrected chi connectivity index (χ4v) is 4.44. The van der Waals surface area contributed by atoms with Crippen LogP contribution in [0.2, 0.25) is 0 Å². The lowest BCUT2D eigenvalue weighted by Gasteiger charge is -2.47. The molecule has 1 aliphatic rings. The fourth-order valence-electron chi connectivity index (χ4n) is 3.47. The highest BCUT2D eigenvalue weighted by Crippen LogP contribution is 2.27. The van der Waals surface area contributed by atoms with Crippen LogP contribution in [0.3, 0.4) is 0 Å². The average Bonchev–Trinajstić information content (AvgIpc) is 3.24. The third kappa shape index (κ3) is 4.28. The van der Waals surface area contributed by atoms with Gasteiger partial charge >= 0.3 is 0 Å². The van der Waals surface area contributed by atoms with Crippen LogP contribution in [0.1, 0.15) is 26.7 Å². The van der Waals surface area contributed by atoms with Gasteiger partial charge in [0.25, 0.3) is 0 Å². The fraction of sp³-hybridized carbons (Fsp3) is 0.588. The van der Waals surface area contributed by atoms with Crippen molar-refractivity contribution in [3.63, 3.8) is 0 Å². The Kier molecular flexibility index (Phi) is 6.08. The maximum Gasteiger partial charge on any atom is 0.225 e. The van der Waals surface area contributed by atoms with Crippen LogP contribution in [0.4, 0.5) is 5.95 Å². The lowest BCUT2D eigenvalue weighted by molar-refractivity contribution is -0.0188. The molecule has 148 valence electrons. The van der Waals surface area contributed by atoms with Gasteiger partial charge in [0.2, 0.25) is 16.0 Å². The Morgan fingerprint density at radius 3 is 2.33 bits per heavy atom. The van der Waals surface area contributed by atoms with Gasteiger partial charge in [-0.1, -0.05) is 13.3 Å². The standard InChI is InChI=1S/C17H27N7O2S/c1-3-7-17(21-27(25,26)4-2,24-11-6-10-20-24)23-14-12-22(13-15-23)16-18-8-5-9-19-16/h5-6,8-11,21H,3-4,7,12-15H2,1-2H3. The molecule has 0 saturated carbocycles. The van der Waals surface area contributed by atoms with E-state index in [1.807, 2.05) is 19.2 Å². The van der Waals surface area contributed by atoms with Crippen molar-refractivity contribution < 1.29 is 8.42 Å². The quantitative estimate of drug-likeness (QED) is 0.710. The van der Waals surface area contributed by atoms with E-state index in [2.05, 4.69) is 29.6 Å². The van der Waals surface area contributed by atoms with Crippen molar-refractivity contribution in [2.45, 2.75) is 32.5 Å². The molecule has 0 radical (unpaired) electrons. The summed E-state index contributed by atoms with van der Waals surface area (Å²) in [7, 11) is -3.43. The Bertz CT molecular complexity index is 805. The zero-order valence-electron chi connectivity index (χ0n) is 15.8. The maximum absolute atomic E-state index is 12.5. The smallest absolute Gasteiger partial charge is 0.225 e. The molecular weight excluding hydrogens is 366 g/mol. The topological polar surface area (TPSA) is 96.3 Å². The van der Waals surface area contributed by atoms with Gasteiger partial charge < -0.3 is 4.90 Å². The van der Waals surface area contributed by atoms with Gasteiger partial charge in [-0.3, -0.25) is 4.90 Å². The Morgan fingerprint density at radius 2 is 1.78 bits per heavy atom. The second kappa shape index (κ2) is 8.32. The minimum Gasteiger partial charge on any atom is -0.338 e. The summed E-state index contributed by atoms with van der Waals surface area (Å²) >= 11 is 0. The third-order valence-corrected chi connectivity index (χ3v) is 6.22. The van der Waals surface area contributed by atoms with Crippen LogP contribution >= 0.6 is 0 Å². The second-order valence-corrected chi connectivity index (χ2v) is 8.56. The maximum atomic E-state index is 12.5. The van der Waals surface area contributed by atoms with Gasteiger partial charge in [-0.25, -0.2) is 23.1 Å². The van der Waals surface area contributed by atoms with Crippen molar-refractivity contribution >= 4 is 16.0 Å². The lowest BCUT2D eigenvalue weighted by Crippen LogP contribution is -2.66. The predicted molar refractivity (Wildman–Crippen MR) is 104 cm³/mol. The van der Waals surface area contributed by atoms with E-state index in [0.717, 1.165) is 6.42 Å². The van der Waals surface area contributed by atoms with Gasteiger partial charge in [0, 0.05) is 57.4 Å². The SMILES string of the molecule is CCCC(NS(=O)(=O)CC)(N1CCN(c2ncccn2)CC1)n1cccn1. The number of rotatable bonds is 8. The Balaban J connectivity index is 1.87. The highest BCUT2D eigenvalue weighted by Gasteiger charge is 2.43. The number of hydrogen-bond acceptors (Lipinski definition) is 7. The van der Waals surface area contributed by atoms with Crippen molar-refractivity contribution in [1.82, 2.24) is 29.4 Å². The summed E-state index contributed by atoms with van der Waals surface area (Å²) in [6, 6.07) is 3.61. The molecule has 1 saturated heterocycles. The van der Waals surface area contributed by atoms with Crippen LogP contribution in [0.5, 0.6) is 0 Å². The van der Waals surface area contributed by atoms with E-state index in [4.69, 9.17) is 0 Å². The van der Waals surface area contributed by atoms with E-state index < -0.39 is 15.8 Å². The first kappa shape index (κ1) is 19.7. The number of aromatic nitrogens is 4. The first-order valence-electron chi connectivity index (χ1n) is 9.29. The number of nitrogens with zero attached hydrogens (tertiary/aromatic N) is 6. The minimum absolute atomic E-state index is 0.0254. The summed E-state index contributed by atoms with van der Waals surface area (Å²) in [5, 5.41) is 4.39. The first-order chi connectivity index (χ1) is 13.0. The Labute approximate surface area is 160 Å². The number of nitrogens with one attached hydrogen (secondary N) is 1. The van der Waals surface area contributed by atoms with Gasteiger partial charge in [-0.05, 0) is 19.1 Å². The summed E-state index contributed by atoms with van der Waals surface area (Å²) in [4.78, 5) is 12.9. The van der Waals surface area contributed by atoms with Crippen LogP contribution in [0, 0.1) is 0 Å². The second-order valence-electron chi connectivity index (χ2n) is 6.55. The monoisotopic (exact) mass is 393 g/mol. The molecule has 3 heterocycles. The van der Waals surface area contributed by atoms with Crippen LogP contribution < -0.4 is 9.62 Å². The van der Waals surface area contributed by atoms with Crippen LogP contribution in [-0.4, -0.2) is 65.0 Å². The molecular formula is C17H27N7O2S. The molecule has 0 spiro atoms. The molecule has 9 nitrogen and oxygen atoms in total. The molecule has 0 aromatic carbocycles. The van der Waals surface area contributed by atoms with Crippen LogP contribution in [0.25, 0.3) is 0 Å². The summed E-state index contributed by atoms with van der Waals surface area (Å²) < 4.78 is 29.7. The summed E-state index contributed by atoms with van der Waals surface area (Å²) in [5.74, 6) is -0.180. The summed E-state index contributed by atoms with van der Waals surface area (Å²) in [5.41, 5.74) is 0. The number of hydrogen-bond donors (Lipinski definition) is 1. The summed E-state index contributed by atoms with van der Waals surface area (Å²) in [6.45, 7) is 6.46. The Morgan fingerprint density at radius 1 is 1.07 bits per heavy atom. The number of sulfonamides is 1. The third-order valence-electron chi connectivity index (χ3n) is 4.82. The largest absolute Gasteiger partial charge is 0.338 e. The zero-order chi connectivity index (χ0) is 19.3. The van der Waals surface area contributed by atoms with Gasteiger partial charge in [0.15, 0.2) is 5.79 Å². The lowest BCUT2D eigenvalue weighted by atomic mass is 10.1. The number of anilines is 1. The van der Waals surface area contributed by atoms with E-state index >= 15 is 0 Å². The molecule has 0 amide bonds. The molecule has 1 unspecified atom stereocenters. The van der Waals surface area contributed by atoms with Crippen molar-refractivity contribution in [3.05, 3.63) is 36.9 Å². The van der Waals surface area contributed by atoms with Crippen LogP contribution in [0.15, 0.2) is 36.9 Å². The predicted octanol–water partition coefficient (Wildman–Crippen LogP) is 0.845. The van der Waals surface area contributed by atoms with Crippen LogP contribution in [-0.2, 0) is 15.8 Å². The van der Waals surface area contributed by atoms with E-state index in [1.54, 1.807) is 36.3 Å². The first-order valence-corrected chi connectivity index (χ1v) is 10.9. The Hall–Kier alpha value is -2.04. The van der Waals surface area contributed by atoms with Gasteiger partial charge in [-0.15, -0.1) is 0 Å². The van der Waals surface area contributed by atoms with Crippen molar-refractivity contribution in [2.75, 3.05) is 36.8 Å². The highest BCUT2D eigenvalue weighted by atomic mass is 32.2. The van der Waals surface area contributed by atoms with Gasteiger partial charge in [0.1, 0.15) is 0 Å². The van der Waals surface area contributed by atoms with Gasteiger partial charge in [0.05, 0.1) is 5.75 Å². The zero-order valence-corrected chi connectivity index (χ0v) is 16.6. The molecule has 3 rings (SSSR count). The van der Waals surface area contributed by atoms with Crippen molar-refractivity contribution in [3.8, 4) is 0 Å². The molecule has 2 aromatic rings. The molecule has 1 atom stereocenters. The molecule has 0 bridgehead atoms.